The SMILES string of the molecule is NC(=O)n1cc(-c2ccncc2)c(Cc2ccc(S(N)(=O)=O)cc2)n1. The van der Waals surface area contributed by atoms with Crippen LogP contribution in [0.25, 0.3) is 11.1 Å². The molecular formula is C16H15N5O3S. The fraction of sp³-hybridized carbons (Fsp3) is 0.0625. The summed E-state index contributed by atoms with van der Waals surface area (Å²) in [7, 11) is -3.74. The Balaban J connectivity index is 1.98. The van der Waals surface area contributed by atoms with Crippen molar-refractivity contribution in [3.05, 3.63) is 66.2 Å². The van der Waals surface area contributed by atoms with E-state index in [2.05, 4.69) is 10.1 Å². The number of aromatic nitrogens is 3. The van der Waals surface area contributed by atoms with Gasteiger partial charge in [0, 0.05) is 30.6 Å². The van der Waals surface area contributed by atoms with E-state index in [4.69, 9.17) is 10.9 Å². The molecule has 1 amide bonds. The Labute approximate surface area is 144 Å². The van der Waals surface area contributed by atoms with E-state index >= 15 is 0 Å². The second kappa shape index (κ2) is 6.46. The van der Waals surface area contributed by atoms with E-state index in [-0.39, 0.29) is 4.90 Å². The average molecular weight is 357 g/mol. The molecule has 0 atom stereocenters. The highest BCUT2D eigenvalue weighted by molar-refractivity contribution is 7.89. The molecule has 2 aromatic heterocycles. The van der Waals surface area contributed by atoms with Crippen LogP contribution >= 0.6 is 0 Å². The molecule has 8 nitrogen and oxygen atoms in total. The molecule has 25 heavy (non-hydrogen) atoms. The predicted octanol–water partition coefficient (Wildman–Crippen LogP) is 1.11. The van der Waals surface area contributed by atoms with Crippen LogP contribution in [-0.2, 0) is 16.4 Å². The summed E-state index contributed by atoms with van der Waals surface area (Å²) in [5.41, 5.74) is 8.35. The number of sulfonamides is 1. The van der Waals surface area contributed by atoms with Crippen LogP contribution in [0.3, 0.4) is 0 Å². The lowest BCUT2D eigenvalue weighted by atomic mass is 10.0. The quantitative estimate of drug-likeness (QED) is 0.721. The van der Waals surface area contributed by atoms with Crippen molar-refractivity contribution in [2.75, 3.05) is 0 Å². The maximum absolute atomic E-state index is 11.4. The number of rotatable bonds is 4. The molecule has 0 bridgehead atoms. The monoisotopic (exact) mass is 357 g/mol. The molecule has 0 aliphatic rings. The third-order valence-corrected chi connectivity index (χ3v) is 4.56. The van der Waals surface area contributed by atoms with Crippen LogP contribution in [0.2, 0.25) is 0 Å². The molecular weight excluding hydrogens is 342 g/mol. The van der Waals surface area contributed by atoms with Gasteiger partial charge in [0.05, 0.1) is 10.6 Å². The number of nitrogens with zero attached hydrogens (tertiary/aromatic N) is 3. The molecule has 0 saturated heterocycles. The fourth-order valence-corrected chi connectivity index (χ4v) is 2.93. The number of amides is 1. The second-order valence-electron chi connectivity index (χ2n) is 5.37. The van der Waals surface area contributed by atoms with Gasteiger partial charge in [-0.15, -0.1) is 0 Å². The van der Waals surface area contributed by atoms with Crippen molar-refractivity contribution in [3.63, 3.8) is 0 Å². The first-order valence-corrected chi connectivity index (χ1v) is 8.80. The van der Waals surface area contributed by atoms with Crippen LogP contribution < -0.4 is 10.9 Å². The number of carbonyl (C=O) groups is 1. The number of primary sulfonamides is 1. The summed E-state index contributed by atoms with van der Waals surface area (Å²) in [6.45, 7) is 0. The van der Waals surface area contributed by atoms with Crippen LogP contribution in [0, 0.1) is 0 Å². The Morgan fingerprint density at radius 1 is 1.08 bits per heavy atom. The van der Waals surface area contributed by atoms with Gasteiger partial charge in [0.25, 0.3) is 0 Å². The van der Waals surface area contributed by atoms with Gasteiger partial charge >= 0.3 is 6.03 Å². The highest BCUT2D eigenvalue weighted by atomic mass is 32.2. The lowest BCUT2D eigenvalue weighted by Gasteiger charge is -2.04. The molecule has 0 saturated carbocycles. The minimum absolute atomic E-state index is 0.0354. The maximum Gasteiger partial charge on any atom is 0.339 e. The standard InChI is InChI=1S/C16H15N5O3S/c17-16(22)21-10-14(12-5-7-19-8-6-12)15(20-21)9-11-1-3-13(4-2-11)25(18,23)24/h1-8,10H,9H2,(H2,17,22)(H2,18,23,24). The van der Waals surface area contributed by atoms with Gasteiger partial charge in [0.15, 0.2) is 0 Å². The number of nitrogens with two attached hydrogens (primary N) is 2. The Bertz CT molecular complexity index is 1010. The van der Waals surface area contributed by atoms with Gasteiger partial charge in [-0.05, 0) is 35.4 Å². The number of hydrogen-bond donors (Lipinski definition) is 2. The average Bonchev–Trinajstić information content (AvgIpc) is 2.99. The molecule has 0 fully saturated rings. The van der Waals surface area contributed by atoms with Crippen molar-refractivity contribution in [3.8, 4) is 11.1 Å². The molecule has 1 aromatic carbocycles. The molecule has 2 heterocycles. The van der Waals surface area contributed by atoms with E-state index < -0.39 is 16.1 Å². The normalized spacial score (nSPS) is 11.4. The van der Waals surface area contributed by atoms with Gasteiger partial charge < -0.3 is 5.73 Å². The molecule has 3 aromatic rings. The summed E-state index contributed by atoms with van der Waals surface area (Å²) in [5, 5.41) is 9.33. The van der Waals surface area contributed by atoms with Gasteiger partial charge in [-0.2, -0.15) is 9.78 Å². The second-order valence-corrected chi connectivity index (χ2v) is 6.94. The zero-order valence-corrected chi connectivity index (χ0v) is 13.8. The number of primary amides is 1. The van der Waals surface area contributed by atoms with E-state index in [1.54, 1.807) is 42.9 Å². The molecule has 0 unspecified atom stereocenters. The highest BCUT2D eigenvalue weighted by Crippen LogP contribution is 2.24. The lowest BCUT2D eigenvalue weighted by Crippen LogP contribution is -2.20. The number of benzene rings is 1. The van der Waals surface area contributed by atoms with Crippen molar-refractivity contribution in [1.29, 1.82) is 0 Å². The van der Waals surface area contributed by atoms with Gasteiger partial charge in [0.1, 0.15) is 0 Å². The Hall–Kier alpha value is -3.04. The van der Waals surface area contributed by atoms with Crippen LogP contribution in [0.1, 0.15) is 11.3 Å². The van der Waals surface area contributed by atoms with Crippen LogP contribution in [-0.4, -0.2) is 29.2 Å². The van der Waals surface area contributed by atoms with Gasteiger partial charge in [0.2, 0.25) is 10.0 Å². The number of carbonyl (C=O) groups excluding carboxylic acids is 1. The molecule has 9 heteroatoms. The lowest BCUT2D eigenvalue weighted by molar-refractivity contribution is 0.247. The van der Waals surface area contributed by atoms with E-state index in [1.807, 2.05) is 0 Å². The number of pyridine rings is 1. The maximum atomic E-state index is 11.4. The third kappa shape index (κ3) is 3.73. The first kappa shape index (κ1) is 16.8. The minimum atomic E-state index is -3.74. The smallest absolute Gasteiger partial charge is 0.339 e. The third-order valence-electron chi connectivity index (χ3n) is 3.63. The summed E-state index contributed by atoms with van der Waals surface area (Å²) in [5.74, 6) is 0. The summed E-state index contributed by atoms with van der Waals surface area (Å²) < 4.78 is 23.7. The zero-order valence-electron chi connectivity index (χ0n) is 13.0. The molecule has 0 radical (unpaired) electrons. The highest BCUT2D eigenvalue weighted by Gasteiger charge is 2.14. The fourth-order valence-electron chi connectivity index (χ4n) is 2.42. The van der Waals surface area contributed by atoms with Crippen molar-refractivity contribution in [2.24, 2.45) is 10.9 Å². The molecule has 0 aliphatic carbocycles. The van der Waals surface area contributed by atoms with E-state index in [9.17, 15) is 13.2 Å². The topological polar surface area (TPSA) is 134 Å². The molecule has 4 N–H and O–H groups in total. The van der Waals surface area contributed by atoms with Crippen molar-refractivity contribution in [1.82, 2.24) is 14.8 Å². The molecule has 128 valence electrons. The first-order valence-electron chi connectivity index (χ1n) is 7.25. The van der Waals surface area contributed by atoms with E-state index in [1.165, 1.54) is 12.1 Å². The van der Waals surface area contributed by atoms with E-state index in [0.717, 1.165) is 21.4 Å². The molecule has 3 rings (SSSR count). The van der Waals surface area contributed by atoms with Crippen molar-refractivity contribution in [2.45, 2.75) is 11.3 Å². The summed E-state index contributed by atoms with van der Waals surface area (Å²) >= 11 is 0. The number of hydrogen-bond acceptors (Lipinski definition) is 5. The van der Waals surface area contributed by atoms with Crippen LogP contribution in [0.15, 0.2) is 59.9 Å². The summed E-state index contributed by atoms with van der Waals surface area (Å²) in [6.07, 6.45) is 5.23. The Morgan fingerprint density at radius 2 is 1.72 bits per heavy atom. The summed E-state index contributed by atoms with van der Waals surface area (Å²) in [6, 6.07) is 9.08. The first-order chi connectivity index (χ1) is 11.8. The zero-order chi connectivity index (χ0) is 18.0. The van der Waals surface area contributed by atoms with Gasteiger partial charge in [-0.3, -0.25) is 4.98 Å². The molecule has 0 spiro atoms. The van der Waals surface area contributed by atoms with Gasteiger partial charge in [-0.1, -0.05) is 12.1 Å². The van der Waals surface area contributed by atoms with Crippen LogP contribution in [0.4, 0.5) is 4.79 Å². The Kier molecular flexibility index (Phi) is 4.34. The minimum Gasteiger partial charge on any atom is -0.350 e. The van der Waals surface area contributed by atoms with Gasteiger partial charge in [-0.25, -0.2) is 18.4 Å². The Morgan fingerprint density at radius 3 is 2.28 bits per heavy atom. The summed E-state index contributed by atoms with van der Waals surface area (Å²) in [4.78, 5) is 15.4. The predicted molar refractivity (Wildman–Crippen MR) is 91.1 cm³/mol. The molecule has 0 aliphatic heterocycles. The van der Waals surface area contributed by atoms with Crippen molar-refractivity contribution < 1.29 is 13.2 Å². The van der Waals surface area contributed by atoms with Crippen molar-refractivity contribution >= 4 is 16.1 Å². The van der Waals surface area contributed by atoms with Crippen LogP contribution in [0.5, 0.6) is 0 Å². The largest absolute Gasteiger partial charge is 0.350 e. The van der Waals surface area contributed by atoms with E-state index in [0.29, 0.717) is 12.1 Å².